The highest BCUT2D eigenvalue weighted by molar-refractivity contribution is 9.10. The molecular formula is C15H21BrN2. The van der Waals surface area contributed by atoms with Crippen molar-refractivity contribution in [2.45, 2.75) is 45.4 Å². The Hall–Kier alpha value is -1.01. The third kappa shape index (κ3) is 5.55. The maximum absolute atomic E-state index is 9.03. The molecule has 0 fully saturated rings. The van der Waals surface area contributed by atoms with Crippen LogP contribution in [0.4, 0.5) is 5.69 Å². The number of nitrogens with zero attached hydrogens (tertiary/aromatic N) is 1. The number of hydrogen-bond acceptors (Lipinski definition) is 2. The van der Waals surface area contributed by atoms with Gasteiger partial charge < -0.3 is 5.32 Å². The molecule has 0 saturated carbocycles. The smallest absolute Gasteiger partial charge is 0.101 e. The molecule has 0 bridgehead atoms. The number of benzene rings is 1. The van der Waals surface area contributed by atoms with E-state index in [4.69, 9.17) is 5.26 Å². The molecule has 1 N–H and O–H groups in total. The lowest BCUT2D eigenvalue weighted by molar-refractivity contribution is 0.617. The van der Waals surface area contributed by atoms with Crippen molar-refractivity contribution < 1.29 is 0 Å². The zero-order chi connectivity index (χ0) is 13.2. The van der Waals surface area contributed by atoms with Crippen LogP contribution in [0.1, 0.15) is 51.0 Å². The highest BCUT2D eigenvalue weighted by Gasteiger charge is 2.01. The first-order valence-electron chi connectivity index (χ1n) is 6.71. The van der Waals surface area contributed by atoms with E-state index in [1.54, 1.807) is 0 Å². The van der Waals surface area contributed by atoms with E-state index in [0.29, 0.717) is 5.56 Å². The molecule has 0 saturated heterocycles. The van der Waals surface area contributed by atoms with E-state index < -0.39 is 0 Å². The second-order valence-electron chi connectivity index (χ2n) is 4.50. The maximum atomic E-state index is 9.03. The fourth-order valence-electron chi connectivity index (χ4n) is 1.89. The van der Waals surface area contributed by atoms with Crippen LogP contribution < -0.4 is 5.32 Å². The maximum Gasteiger partial charge on any atom is 0.101 e. The SMILES string of the molecule is CCCCCCCCNc1ccc(Br)cc1C#N. The quantitative estimate of drug-likeness (QED) is 0.679. The average Bonchev–Trinajstić information content (AvgIpc) is 2.39. The second kappa shape index (κ2) is 8.99. The average molecular weight is 309 g/mol. The highest BCUT2D eigenvalue weighted by Crippen LogP contribution is 2.20. The van der Waals surface area contributed by atoms with Crippen LogP contribution in [0.3, 0.4) is 0 Å². The fraction of sp³-hybridized carbons (Fsp3) is 0.533. The molecule has 0 aliphatic rings. The van der Waals surface area contributed by atoms with Gasteiger partial charge in [0.1, 0.15) is 6.07 Å². The van der Waals surface area contributed by atoms with Gasteiger partial charge in [0, 0.05) is 11.0 Å². The van der Waals surface area contributed by atoms with E-state index in [-0.39, 0.29) is 0 Å². The van der Waals surface area contributed by atoms with Gasteiger partial charge >= 0.3 is 0 Å². The number of nitrogens with one attached hydrogen (secondary N) is 1. The summed E-state index contributed by atoms with van der Waals surface area (Å²) in [4.78, 5) is 0. The van der Waals surface area contributed by atoms with Crippen molar-refractivity contribution in [3.8, 4) is 6.07 Å². The molecule has 18 heavy (non-hydrogen) atoms. The minimum Gasteiger partial charge on any atom is -0.384 e. The van der Waals surface area contributed by atoms with Gasteiger partial charge in [-0.05, 0) is 24.6 Å². The molecule has 0 unspecified atom stereocenters. The summed E-state index contributed by atoms with van der Waals surface area (Å²) in [7, 11) is 0. The Balaban J connectivity index is 2.25. The molecule has 0 aliphatic heterocycles. The monoisotopic (exact) mass is 308 g/mol. The molecule has 1 aromatic carbocycles. The summed E-state index contributed by atoms with van der Waals surface area (Å²) in [6.07, 6.45) is 7.75. The standard InChI is InChI=1S/C15H21BrN2/c1-2-3-4-5-6-7-10-18-15-9-8-14(16)11-13(15)12-17/h8-9,11,18H,2-7,10H2,1H3. The second-order valence-corrected chi connectivity index (χ2v) is 5.41. The molecule has 0 radical (unpaired) electrons. The lowest BCUT2D eigenvalue weighted by atomic mass is 10.1. The van der Waals surface area contributed by atoms with Gasteiger partial charge in [0.15, 0.2) is 0 Å². The third-order valence-corrected chi connectivity index (χ3v) is 3.44. The summed E-state index contributed by atoms with van der Waals surface area (Å²) in [6.45, 7) is 3.18. The van der Waals surface area contributed by atoms with Crippen molar-refractivity contribution in [3.05, 3.63) is 28.2 Å². The summed E-state index contributed by atoms with van der Waals surface area (Å²) in [5.41, 5.74) is 1.64. The van der Waals surface area contributed by atoms with Crippen molar-refractivity contribution in [1.29, 1.82) is 5.26 Å². The Morgan fingerprint density at radius 3 is 2.61 bits per heavy atom. The molecule has 1 rings (SSSR count). The van der Waals surface area contributed by atoms with Crippen molar-refractivity contribution >= 4 is 21.6 Å². The summed E-state index contributed by atoms with van der Waals surface area (Å²) in [5.74, 6) is 0. The molecule has 2 nitrogen and oxygen atoms in total. The Morgan fingerprint density at radius 2 is 1.89 bits per heavy atom. The van der Waals surface area contributed by atoms with Crippen LogP contribution in [0.25, 0.3) is 0 Å². The van der Waals surface area contributed by atoms with Crippen molar-refractivity contribution in [3.63, 3.8) is 0 Å². The Morgan fingerprint density at radius 1 is 1.17 bits per heavy atom. The van der Waals surface area contributed by atoms with Crippen LogP contribution in [0.5, 0.6) is 0 Å². The van der Waals surface area contributed by atoms with Gasteiger partial charge in [-0.1, -0.05) is 55.0 Å². The van der Waals surface area contributed by atoms with Crippen LogP contribution in [0, 0.1) is 11.3 Å². The molecule has 0 spiro atoms. The lowest BCUT2D eigenvalue weighted by Gasteiger charge is -2.08. The number of unbranched alkanes of at least 4 members (excludes halogenated alkanes) is 5. The molecule has 98 valence electrons. The van der Waals surface area contributed by atoms with E-state index in [0.717, 1.165) is 16.7 Å². The van der Waals surface area contributed by atoms with Crippen LogP contribution >= 0.6 is 15.9 Å². The Bertz CT molecular complexity index is 396. The van der Waals surface area contributed by atoms with E-state index in [1.165, 1.54) is 38.5 Å². The fourth-order valence-corrected chi connectivity index (χ4v) is 2.25. The Kier molecular flexibility index (Phi) is 7.52. The minimum atomic E-state index is 0.704. The zero-order valence-electron chi connectivity index (χ0n) is 11.0. The van der Waals surface area contributed by atoms with Crippen LogP contribution in [0.15, 0.2) is 22.7 Å². The molecule has 0 aliphatic carbocycles. The van der Waals surface area contributed by atoms with Gasteiger partial charge in [-0.15, -0.1) is 0 Å². The number of hydrogen-bond donors (Lipinski definition) is 1. The highest BCUT2D eigenvalue weighted by atomic mass is 79.9. The zero-order valence-corrected chi connectivity index (χ0v) is 12.6. The largest absolute Gasteiger partial charge is 0.384 e. The molecular weight excluding hydrogens is 288 g/mol. The van der Waals surface area contributed by atoms with Crippen molar-refractivity contribution in [2.24, 2.45) is 0 Å². The van der Waals surface area contributed by atoms with Gasteiger partial charge in [-0.2, -0.15) is 5.26 Å². The van der Waals surface area contributed by atoms with E-state index in [9.17, 15) is 0 Å². The predicted molar refractivity (Wildman–Crippen MR) is 80.7 cm³/mol. The first-order valence-corrected chi connectivity index (χ1v) is 7.50. The molecule has 0 amide bonds. The van der Waals surface area contributed by atoms with Crippen LogP contribution in [-0.2, 0) is 0 Å². The number of halogens is 1. The molecule has 0 aromatic heterocycles. The normalized spacial score (nSPS) is 10.1. The van der Waals surface area contributed by atoms with E-state index in [1.807, 2.05) is 18.2 Å². The van der Waals surface area contributed by atoms with E-state index >= 15 is 0 Å². The summed E-state index contributed by atoms with van der Waals surface area (Å²) in [6, 6.07) is 7.98. The van der Waals surface area contributed by atoms with Gasteiger partial charge in [0.25, 0.3) is 0 Å². The molecule has 3 heteroatoms. The first kappa shape index (κ1) is 15.0. The molecule has 1 aromatic rings. The van der Waals surface area contributed by atoms with Gasteiger partial charge in [-0.3, -0.25) is 0 Å². The minimum absolute atomic E-state index is 0.704. The van der Waals surface area contributed by atoms with Gasteiger partial charge in [0.2, 0.25) is 0 Å². The van der Waals surface area contributed by atoms with Gasteiger partial charge in [-0.25, -0.2) is 0 Å². The number of nitriles is 1. The van der Waals surface area contributed by atoms with Crippen molar-refractivity contribution in [2.75, 3.05) is 11.9 Å². The first-order chi connectivity index (χ1) is 8.77. The van der Waals surface area contributed by atoms with Crippen LogP contribution in [-0.4, -0.2) is 6.54 Å². The number of rotatable bonds is 8. The number of anilines is 1. The van der Waals surface area contributed by atoms with Crippen LogP contribution in [0.2, 0.25) is 0 Å². The summed E-state index contributed by atoms with van der Waals surface area (Å²) in [5, 5.41) is 12.4. The topological polar surface area (TPSA) is 35.8 Å². The van der Waals surface area contributed by atoms with Gasteiger partial charge in [0.05, 0.1) is 11.3 Å². The predicted octanol–water partition coefficient (Wildman–Crippen LogP) is 5.09. The third-order valence-electron chi connectivity index (χ3n) is 2.95. The van der Waals surface area contributed by atoms with E-state index in [2.05, 4.69) is 34.2 Å². The van der Waals surface area contributed by atoms with Crippen molar-refractivity contribution in [1.82, 2.24) is 0 Å². The lowest BCUT2D eigenvalue weighted by Crippen LogP contribution is -2.03. The summed E-state index contributed by atoms with van der Waals surface area (Å²) >= 11 is 3.38. The summed E-state index contributed by atoms with van der Waals surface area (Å²) < 4.78 is 0.948. The molecule has 0 heterocycles. The molecule has 0 atom stereocenters. The Labute approximate surface area is 119 Å².